The van der Waals surface area contributed by atoms with Gasteiger partial charge < -0.3 is 10.2 Å². The molecule has 1 N–H and O–H groups in total. The molecule has 0 saturated carbocycles. The zero-order valence-electron chi connectivity index (χ0n) is 13.9. The number of nitrogens with zero attached hydrogens (tertiary/aromatic N) is 1. The fourth-order valence-electron chi connectivity index (χ4n) is 3.39. The van der Waals surface area contributed by atoms with Crippen LogP contribution < -0.4 is 5.32 Å². The standard InChI is InChI=1S/C17H22N2O4S/c1-11-3-4-12(2)15(7-11)18-17(21)13-8-16(20)19(9-13)14-5-6-24(22,23)10-14/h3-4,7,13-14H,5-6,8-10H2,1-2H3,(H,18,21). The van der Waals surface area contributed by atoms with Crippen molar-refractivity contribution in [1.82, 2.24) is 4.90 Å². The summed E-state index contributed by atoms with van der Waals surface area (Å²) in [7, 11) is -3.05. The van der Waals surface area contributed by atoms with Gasteiger partial charge in [0.25, 0.3) is 0 Å². The maximum Gasteiger partial charge on any atom is 0.229 e. The molecule has 2 aliphatic rings. The number of aryl methyl sites for hydroxylation is 2. The Bertz CT molecular complexity index is 788. The third-order valence-corrected chi connectivity index (χ3v) is 6.58. The first-order valence-electron chi connectivity index (χ1n) is 8.13. The van der Waals surface area contributed by atoms with Crippen molar-refractivity contribution in [2.75, 3.05) is 23.4 Å². The van der Waals surface area contributed by atoms with Crippen LogP contribution in [0.4, 0.5) is 5.69 Å². The zero-order chi connectivity index (χ0) is 17.5. The summed E-state index contributed by atoms with van der Waals surface area (Å²) in [6, 6.07) is 5.55. The van der Waals surface area contributed by atoms with E-state index in [1.165, 1.54) is 0 Å². The second kappa shape index (κ2) is 6.20. The molecule has 2 amide bonds. The Hall–Kier alpha value is -1.89. The molecule has 1 aromatic rings. The molecule has 24 heavy (non-hydrogen) atoms. The smallest absolute Gasteiger partial charge is 0.229 e. The first kappa shape index (κ1) is 17.0. The molecule has 0 radical (unpaired) electrons. The second-order valence-corrected chi connectivity index (χ2v) is 9.04. The molecule has 2 aliphatic heterocycles. The van der Waals surface area contributed by atoms with Crippen molar-refractivity contribution >= 4 is 27.3 Å². The predicted molar refractivity (Wildman–Crippen MR) is 91.4 cm³/mol. The Morgan fingerprint density at radius 2 is 2.04 bits per heavy atom. The van der Waals surface area contributed by atoms with Crippen molar-refractivity contribution in [2.45, 2.75) is 32.7 Å². The second-order valence-electron chi connectivity index (χ2n) is 6.81. The number of nitrogens with one attached hydrogen (secondary N) is 1. The first-order chi connectivity index (χ1) is 11.2. The Morgan fingerprint density at radius 1 is 1.29 bits per heavy atom. The van der Waals surface area contributed by atoms with Gasteiger partial charge in [-0.05, 0) is 37.5 Å². The Kier molecular flexibility index (Phi) is 4.38. The molecule has 3 rings (SSSR count). The average molecular weight is 350 g/mol. The van der Waals surface area contributed by atoms with Crippen molar-refractivity contribution < 1.29 is 18.0 Å². The van der Waals surface area contributed by atoms with Gasteiger partial charge in [0.1, 0.15) is 0 Å². The van der Waals surface area contributed by atoms with Crippen LogP contribution in [-0.4, -0.2) is 49.2 Å². The summed E-state index contributed by atoms with van der Waals surface area (Å²) < 4.78 is 23.2. The van der Waals surface area contributed by atoms with Gasteiger partial charge in [-0.2, -0.15) is 0 Å². The molecule has 7 heteroatoms. The fourth-order valence-corrected chi connectivity index (χ4v) is 5.12. The zero-order valence-corrected chi connectivity index (χ0v) is 14.7. The van der Waals surface area contributed by atoms with E-state index in [2.05, 4.69) is 5.32 Å². The predicted octanol–water partition coefficient (Wildman–Crippen LogP) is 1.28. The molecule has 2 saturated heterocycles. The van der Waals surface area contributed by atoms with Crippen LogP contribution in [0.15, 0.2) is 18.2 Å². The van der Waals surface area contributed by atoms with Gasteiger partial charge in [-0.1, -0.05) is 12.1 Å². The molecule has 0 bridgehead atoms. The molecular formula is C17H22N2O4S. The molecule has 2 fully saturated rings. The van der Waals surface area contributed by atoms with Crippen molar-refractivity contribution in [3.8, 4) is 0 Å². The highest BCUT2D eigenvalue weighted by atomic mass is 32.2. The number of amides is 2. The lowest BCUT2D eigenvalue weighted by Gasteiger charge is -2.23. The number of rotatable bonds is 3. The van der Waals surface area contributed by atoms with Crippen LogP contribution in [0.25, 0.3) is 0 Å². The number of likely N-dealkylation sites (tertiary alicyclic amines) is 1. The van der Waals surface area contributed by atoms with Crippen molar-refractivity contribution in [2.24, 2.45) is 5.92 Å². The van der Waals surface area contributed by atoms with Crippen LogP contribution >= 0.6 is 0 Å². The van der Waals surface area contributed by atoms with Crippen molar-refractivity contribution in [3.63, 3.8) is 0 Å². The summed E-state index contributed by atoms with van der Waals surface area (Å²) in [5, 5.41) is 2.90. The number of anilines is 1. The maximum absolute atomic E-state index is 12.5. The number of carbonyl (C=O) groups excluding carboxylic acids is 2. The van der Waals surface area contributed by atoms with Crippen LogP contribution in [0.5, 0.6) is 0 Å². The lowest BCUT2D eigenvalue weighted by atomic mass is 10.1. The summed E-state index contributed by atoms with van der Waals surface area (Å²) in [4.78, 5) is 26.3. The van der Waals surface area contributed by atoms with Crippen LogP contribution in [0.3, 0.4) is 0 Å². The molecule has 6 nitrogen and oxygen atoms in total. The summed E-state index contributed by atoms with van der Waals surface area (Å²) in [6.45, 7) is 4.18. The minimum absolute atomic E-state index is 0.0179. The molecule has 0 spiro atoms. The van der Waals surface area contributed by atoms with E-state index < -0.39 is 15.8 Å². The Labute approximate surface area is 142 Å². The van der Waals surface area contributed by atoms with Gasteiger partial charge in [-0.25, -0.2) is 8.42 Å². The summed E-state index contributed by atoms with van der Waals surface area (Å²) in [5.41, 5.74) is 2.78. The molecule has 2 unspecified atom stereocenters. The summed E-state index contributed by atoms with van der Waals surface area (Å²) in [6.07, 6.45) is 0.618. The summed E-state index contributed by atoms with van der Waals surface area (Å²) >= 11 is 0. The Morgan fingerprint density at radius 3 is 2.71 bits per heavy atom. The topological polar surface area (TPSA) is 83.6 Å². The van der Waals surface area contributed by atoms with E-state index in [0.29, 0.717) is 13.0 Å². The highest BCUT2D eigenvalue weighted by molar-refractivity contribution is 7.91. The lowest BCUT2D eigenvalue weighted by molar-refractivity contribution is -0.129. The molecule has 1 aromatic carbocycles. The highest BCUT2D eigenvalue weighted by Crippen LogP contribution is 2.27. The van der Waals surface area contributed by atoms with E-state index in [-0.39, 0.29) is 35.8 Å². The maximum atomic E-state index is 12.5. The van der Waals surface area contributed by atoms with E-state index in [4.69, 9.17) is 0 Å². The third-order valence-electron chi connectivity index (χ3n) is 4.83. The van der Waals surface area contributed by atoms with Gasteiger partial charge in [0.15, 0.2) is 9.84 Å². The molecular weight excluding hydrogens is 328 g/mol. The van der Waals surface area contributed by atoms with Crippen LogP contribution in [-0.2, 0) is 19.4 Å². The van der Waals surface area contributed by atoms with Crippen molar-refractivity contribution in [1.29, 1.82) is 0 Å². The molecule has 2 heterocycles. The van der Waals surface area contributed by atoms with Gasteiger partial charge in [0, 0.05) is 24.7 Å². The van der Waals surface area contributed by atoms with E-state index in [9.17, 15) is 18.0 Å². The minimum Gasteiger partial charge on any atom is -0.338 e. The number of benzene rings is 1. The van der Waals surface area contributed by atoms with Gasteiger partial charge in [0.05, 0.1) is 17.4 Å². The number of hydrogen-bond donors (Lipinski definition) is 1. The minimum atomic E-state index is -3.05. The fraction of sp³-hybridized carbons (Fsp3) is 0.529. The summed E-state index contributed by atoms with van der Waals surface area (Å²) in [5.74, 6) is -0.593. The average Bonchev–Trinajstić information content (AvgIpc) is 3.05. The van der Waals surface area contributed by atoms with Crippen LogP contribution in [0.1, 0.15) is 24.0 Å². The number of carbonyl (C=O) groups is 2. The van der Waals surface area contributed by atoms with Gasteiger partial charge >= 0.3 is 0 Å². The van der Waals surface area contributed by atoms with E-state index in [1.54, 1.807) is 4.90 Å². The lowest BCUT2D eigenvalue weighted by Crippen LogP contribution is -2.38. The molecule has 2 atom stereocenters. The van der Waals surface area contributed by atoms with Crippen molar-refractivity contribution in [3.05, 3.63) is 29.3 Å². The van der Waals surface area contributed by atoms with Crippen LogP contribution in [0, 0.1) is 19.8 Å². The third kappa shape index (κ3) is 3.45. The van der Waals surface area contributed by atoms with E-state index >= 15 is 0 Å². The van der Waals surface area contributed by atoms with Gasteiger partial charge in [-0.3, -0.25) is 9.59 Å². The number of hydrogen-bond acceptors (Lipinski definition) is 4. The molecule has 0 aliphatic carbocycles. The van der Waals surface area contributed by atoms with E-state index in [0.717, 1.165) is 16.8 Å². The van der Waals surface area contributed by atoms with E-state index in [1.807, 2.05) is 32.0 Å². The van der Waals surface area contributed by atoms with Gasteiger partial charge in [-0.15, -0.1) is 0 Å². The first-order valence-corrected chi connectivity index (χ1v) is 9.95. The van der Waals surface area contributed by atoms with Gasteiger partial charge in [0.2, 0.25) is 11.8 Å². The van der Waals surface area contributed by atoms with Crippen LogP contribution in [0.2, 0.25) is 0 Å². The monoisotopic (exact) mass is 350 g/mol. The Balaban J connectivity index is 1.67. The highest BCUT2D eigenvalue weighted by Gasteiger charge is 2.41. The molecule has 0 aromatic heterocycles. The largest absolute Gasteiger partial charge is 0.338 e. The normalized spacial score (nSPS) is 25.9. The number of sulfone groups is 1. The SMILES string of the molecule is Cc1ccc(C)c(NC(=O)C2CC(=O)N(C3CCS(=O)(=O)C3)C2)c1. The quantitative estimate of drug-likeness (QED) is 0.890. The molecule has 130 valence electrons.